The number of nitrogens with two attached hydrogens (primary N) is 1. The van der Waals surface area contributed by atoms with Gasteiger partial charge in [-0.3, -0.25) is 14.5 Å². The van der Waals surface area contributed by atoms with Crippen molar-refractivity contribution in [3.8, 4) is 11.4 Å². The molecule has 1 aliphatic carbocycles. The summed E-state index contributed by atoms with van der Waals surface area (Å²) in [6, 6.07) is 1.49. The maximum atomic E-state index is 13.3. The Kier molecular flexibility index (Phi) is 5.61. The Hall–Kier alpha value is -3.81. The van der Waals surface area contributed by atoms with Gasteiger partial charge in [-0.05, 0) is 25.0 Å². The number of alkyl halides is 3. The van der Waals surface area contributed by atoms with Crippen molar-refractivity contribution in [2.75, 3.05) is 19.7 Å². The Morgan fingerprint density at radius 3 is 2.58 bits per heavy atom. The second-order valence-electron chi connectivity index (χ2n) is 7.52. The zero-order chi connectivity index (χ0) is 23.9. The normalized spacial score (nSPS) is 18.0. The van der Waals surface area contributed by atoms with Gasteiger partial charge < -0.3 is 10.8 Å². The van der Waals surface area contributed by atoms with Gasteiger partial charge in [-0.25, -0.2) is 24.3 Å². The summed E-state index contributed by atoms with van der Waals surface area (Å²) in [6.07, 6.45) is -0.865. The summed E-state index contributed by atoms with van der Waals surface area (Å²) < 4.78 is 40.9. The molecule has 0 bridgehead atoms. The van der Waals surface area contributed by atoms with E-state index in [4.69, 9.17) is 5.73 Å². The number of pyridine rings is 1. The number of carbonyl (C=O) groups excluding carboxylic acids is 3. The van der Waals surface area contributed by atoms with E-state index in [-0.39, 0.29) is 29.5 Å². The second kappa shape index (κ2) is 8.27. The number of aromatic nitrogens is 4. The minimum absolute atomic E-state index is 0.0406. The van der Waals surface area contributed by atoms with E-state index in [9.17, 15) is 32.7 Å². The first-order valence-electron chi connectivity index (χ1n) is 9.83. The minimum atomic E-state index is -4.64. The molecule has 2 aromatic rings. The number of amides is 4. The van der Waals surface area contributed by atoms with Gasteiger partial charge in [0.2, 0.25) is 5.91 Å². The number of hydrogen-bond donors (Lipinski definition) is 2. The Morgan fingerprint density at radius 1 is 1.24 bits per heavy atom. The third-order valence-corrected chi connectivity index (χ3v) is 5.01. The molecule has 1 saturated heterocycles. The van der Waals surface area contributed by atoms with Gasteiger partial charge in [0.15, 0.2) is 5.82 Å². The fourth-order valence-electron chi connectivity index (χ4n) is 3.33. The lowest BCUT2D eigenvalue weighted by Crippen LogP contribution is -2.39. The van der Waals surface area contributed by atoms with E-state index >= 15 is 0 Å². The average Bonchev–Trinajstić information content (AvgIpc) is 3.46. The van der Waals surface area contributed by atoms with Crippen LogP contribution < -0.4 is 5.73 Å². The lowest BCUT2D eigenvalue weighted by Gasteiger charge is -2.14. The van der Waals surface area contributed by atoms with Crippen molar-refractivity contribution in [1.29, 1.82) is 0 Å². The number of hydrogen-bond acceptors (Lipinski definition) is 7. The van der Waals surface area contributed by atoms with E-state index in [1.165, 1.54) is 6.07 Å². The van der Waals surface area contributed by atoms with E-state index in [0.717, 1.165) is 41.0 Å². The van der Waals surface area contributed by atoms with E-state index < -0.39 is 42.9 Å². The first-order valence-corrected chi connectivity index (χ1v) is 9.83. The third-order valence-electron chi connectivity index (χ3n) is 5.01. The molecule has 0 radical (unpaired) electrons. The monoisotopic (exact) mass is 465 g/mol. The highest BCUT2D eigenvalue weighted by Gasteiger charge is 2.41. The molecule has 14 heteroatoms. The summed E-state index contributed by atoms with van der Waals surface area (Å²) in [5, 5.41) is 13.3. The molecule has 2 aromatic heterocycles. The number of imide groups is 1. The Labute approximate surface area is 184 Å². The zero-order valence-corrected chi connectivity index (χ0v) is 17.0. The molecule has 1 saturated carbocycles. The Morgan fingerprint density at radius 2 is 1.97 bits per heavy atom. The molecule has 3 N–H and O–H groups in total. The molecule has 3 heterocycles. The van der Waals surface area contributed by atoms with Crippen LogP contribution in [0.2, 0.25) is 0 Å². The molecule has 1 aliphatic heterocycles. The number of aliphatic hydroxyl groups excluding tert-OH is 1. The van der Waals surface area contributed by atoms with Crippen LogP contribution in [0.1, 0.15) is 30.1 Å². The lowest BCUT2D eigenvalue weighted by molar-refractivity contribution is -0.141. The zero-order valence-electron chi connectivity index (χ0n) is 17.0. The highest BCUT2D eigenvalue weighted by Crippen LogP contribution is 2.41. The molecular formula is C19H18F3N7O4. The summed E-state index contributed by atoms with van der Waals surface area (Å²) in [6.45, 7) is -1.36. The van der Waals surface area contributed by atoms with Crippen molar-refractivity contribution in [3.05, 3.63) is 35.5 Å². The van der Waals surface area contributed by atoms with E-state index in [1.54, 1.807) is 0 Å². The van der Waals surface area contributed by atoms with Gasteiger partial charge in [-0.15, -0.1) is 5.10 Å². The fraction of sp³-hybridized carbons (Fsp3) is 0.368. The van der Waals surface area contributed by atoms with Crippen LogP contribution in [0.4, 0.5) is 18.0 Å². The number of urea groups is 1. The fourth-order valence-corrected chi connectivity index (χ4v) is 3.33. The topological polar surface area (TPSA) is 148 Å². The first-order chi connectivity index (χ1) is 15.6. The predicted molar refractivity (Wildman–Crippen MR) is 105 cm³/mol. The van der Waals surface area contributed by atoms with Crippen LogP contribution in [-0.2, 0) is 15.8 Å². The molecule has 0 unspecified atom stereocenters. The largest absolute Gasteiger partial charge is 0.433 e. The summed E-state index contributed by atoms with van der Waals surface area (Å²) in [5.41, 5.74) is 4.23. The van der Waals surface area contributed by atoms with E-state index in [2.05, 4.69) is 15.1 Å². The molecule has 0 aromatic carbocycles. The molecular weight excluding hydrogens is 447 g/mol. The van der Waals surface area contributed by atoms with E-state index in [0.29, 0.717) is 10.6 Å². The summed E-state index contributed by atoms with van der Waals surface area (Å²) >= 11 is 0. The maximum Gasteiger partial charge on any atom is 0.433 e. The molecule has 0 spiro atoms. The number of halogens is 3. The lowest BCUT2D eigenvalue weighted by atomic mass is 10.1. The van der Waals surface area contributed by atoms with Crippen LogP contribution >= 0.6 is 0 Å². The van der Waals surface area contributed by atoms with Crippen LogP contribution in [0.15, 0.2) is 24.2 Å². The summed E-state index contributed by atoms with van der Waals surface area (Å²) in [5.74, 6) is -1.83. The SMILES string of the molecule is NC(=O)CN1C(=O)/C(=C/n2cnc(-c3cc(C4CC4)nc(C(F)(F)F)c3)n2)N(CCO)C1=O. The first kappa shape index (κ1) is 22.4. The smallest absolute Gasteiger partial charge is 0.395 e. The molecule has 2 aliphatic rings. The molecule has 4 rings (SSSR count). The van der Waals surface area contributed by atoms with E-state index in [1.807, 2.05) is 0 Å². The van der Waals surface area contributed by atoms with Crippen molar-refractivity contribution in [2.24, 2.45) is 5.73 Å². The Bertz CT molecular complexity index is 1160. The van der Waals surface area contributed by atoms with Gasteiger partial charge >= 0.3 is 12.2 Å². The third kappa shape index (κ3) is 4.55. The maximum absolute atomic E-state index is 13.3. The number of rotatable bonds is 7. The van der Waals surface area contributed by atoms with Crippen molar-refractivity contribution in [1.82, 2.24) is 29.5 Å². The van der Waals surface area contributed by atoms with Gasteiger partial charge in [0.05, 0.1) is 19.4 Å². The van der Waals surface area contributed by atoms with Crippen molar-refractivity contribution in [3.63, 3.8) is 0 Å². The highest BCUT2D eigenvalue weighted by molar-refractivity contribution is 6.14. The second-order valence-corrected chi connectivity index (χ2v) is 7.52. The molecule has 4 amide bonds. The summed E-state index contributed by atoms with van der Waals surface area (Å²) in [4.78, 5) is 45.5. The minimum Gasteiger partial charge on any atom is -0.395 e. The molecule has 11 nitrogen and oxygen atoms in total. The van der Waals surface area contributed by atoms with Crippen molar-refractivity contribution in [2.45, 2.75) is 24.9 Å². The predicted octanol–water partition coefficient (Wildman–Crippen LogP) is 0.777. The number of aliphatic hydroxyl groups is 1. The van der Waals surface area contributed by atoms with Crippen LogP contribution in [-0.4, -0.2) is 72.2 Å². The number of primary amides is 1. The molecule has 0 atom stereocenters. The highest BCUT2D eigenvalue weighted by atomic mass is 19.4. The van der Waals surface area contributed by atoms with Gasteiger partial charge in [-0.2, -0.15) is 13.2 Å². The van der Waals surface area contributed by atoms with Crippen molar-refractivity contribution >= 4 is 24.0 Å². The van der Waals surface area contributed by atoms with Crippen LogP contribution in [0.3, 0.4) is 0 Å². The van der Waals surface area contributed by atoms with Gasteiger partial charge in [0.25, 0.3) is 5.91 Å². The summed E-state index contributed by atoms with van der Waals surface area (Å²) in [7, 11) is 0. The number of nitrogens with zero attached hydrogens (tertiary/aromatic N) is 6. The van der Waals surface area contributed by atoms with Gasteiger partial charge in [-0.1, -0.05) is 0 Å². The van der Waals surface area contributed by atoms with Gasteiger partial charge in [0, 0.05) is 17.2 Å². The molecule has 2 fully saturated rings. The van der Waals surface area contributed by atoms with Gasteiger partial charge in [0.1, 0.15) is 24.3 Å². The van der Waals surface area contributed by atoms with Crippen LogP contribution in [0.5, 0.6) is 0 Å². The molecule has 174 valence electrons. The van der Waals surface area contributed by atoms with Crippen LogP contribution in [0.25, 0.3) is 17.6 Å². The number of carbonyl (C=O) groups is 3. The molecule has 33 heavy (non-hydrogen) atoms. The van der Waals surface area contributed by atoms with Crippen molar-refractivity contribution < 1.29 is 32.7 Å². The average molecular weight is 465 g/mol. The quantitative estimate of drug-likeness (QED) is 0.453. The number of β-amino-alcohol motifs (C(OH)–C–C–N with tert-alkyl or cyclic N) is 1. The Balaban J connectivity index is 1.68. The standard InChI is InChI=1S/C19H18F3N7O4/c20-19(21,22)14-6-11(5-12(25-14)10-1-2-10)16-24-9-27(26-16)7-13-17(32)29(8-15(23)31)18(33)28(13)3-4-30/h5-7,9-10,30H,1-4,8H2,(H2,23,31)/b13-7-. The van der Waals surface area contributed by atoms with Crippen LogP contribution in [0, 0.1) is 0 Å².